The van der Waals surface area contributed by atoms with Gasteiger partial charge in [-0.1, -0.05) is 0 Å². The summed E-state index contributed by atoms with van der Waals surface area (Å²) in [6.07, 6.45) is 0.260. The number of hydrogen-bond acceptors (Lipinski definition) is 4. The van der Waals surface area contributed by atoms with Crippen LogP contribution in [0.25, 0.3) is 0 Å². The minimum Gasteiger partial charge on any atom is -0.370 e. The van der Waals surface area contributed by atoms with Gasteiger partial charge in [0.15, 0.2) is 5.96 Å². The number of amides is 2. The Bertz CT molecular complexity index is 193. The van der Waals surface area contributed by atoms with Gasteiger partial charge < -0.3 is 5.73 Å². The highest BCUT2D eigenvalue weighted by Crippen LogP contribution is 1.73. The molecular weight excluding hydrogens is 150 g/mol. The smallest absolute Gasteiger partial charge is 0.223 e. The van der Waals surface area contributed by atoms with Crippen molar-refractivity contribution in [2.75, 3.05) is 0 Å². The highest BCUT2D eigenvalue weighted by molar-refractivity contribution is 6.04. The Labute approximate surface area is 62.2 Å². The van der Waals surface area contributed by atoms with Crippen molar-refractivity contribution in [3.63, 3.8) is 0 Å². The minimum atomic E-state index is -0.553. The second-order valence-electron chi connectivity index (χ2n) is 1.51. The van der Waals surface area contributed by atoms with Gasteiger partial charge in [0, 0.05) is 0 Å². The summed E-state index contributed by atoms with van der Waals surface area (Å²) < 4.78 is 0. The fourth-order valence-corrected chi connectivity index (χ4v) is 0.322. The topological polar surface area (TPSA) is 123 Å². The van der Waals surface area contributed by atoms with Crippen LogP contribution in [0.3, 0.4) is 0 Å². The van der Waals surface area contributed by atoms with Crippen LogP contribution < -0.4 is 11.1 Å². The van der Waals surface area contributed by atoms with Crippen LogP contribution in [0.5, 0.6) is 0 Å². The molecule has 0 aromatic rings. The van der Waals surface area contributed by atoms with Gasteiger partial charge in [0.1, 0.15) is 0 Å². The number of carbonyl (C=O) groups is 2. The highest BCUT2D eigenvalue weighted by Gasteiger charge is 2.05. The quantitative estimate of drug-likeness (QED) is 0.210. The van der Waals surface area contributed by atoms with Crippen molar-refractivity contribution >= 4 is 24.7 Å². The number of nitrogens with zero attached hydrogens (tertiary/aromatic N) is 1. The van der Waals surface area contributed by atoms with Gasteiger partial charge in [0.05, 0.1) is 0 Å². The molecule has 0 saturated carbocycles. The summed E-state index contributed by atoms with van der Waals surface area (Å²) in [5.41, 5.74) is 4.81. The van der Waals surface area contributed by atoms with Crippen molar-refractivity contribution in [1.82, 2.24) is 10.2 Å². The summed E-state index contributed by atoms with van der Waals surface area (Å²) >= 11 is 0. The number of nitrogens with one attached hydrogen (secondary N) is 3. The number of carbonyl (C=O) groups excluding carboxylic acids is 2. The molecule has 60 valence electrons. The van der Waals surface area contributed by atoms with Crippen LogP contribution in [0.15, 0.2) is 0 Å². The zero-order chi connectivity index (χ0) is 8.85. The lowest BCUT2D eigenvalue weighted by atomic mass is 10.7. The van der Waals surface area contributed by atoms with Crippen LogP contribution in [0.1, 0.15) is 0 Å². The Morgan fingerprint density at radius 1 is 1.36 bits per heavy atom. The van der Waals surface area contributed by atoms with Crippen LogP contribution in [0, 0.1) is 10.8 Å². The predicted octanol–water partition coefficient (Wildman–Crippen LogP) is -1.98. The monoisotopic (exact) mass is 157 g/mol. The number of hydrogen-bond donors (Lipinski definition) is 4. The van der Waals surface area contributed by atoms with Crippen molar-refractivity contribution in [3.8, 4) is 0 Å². The Morgan fingerprint density at radius 2 is 1.82 bits per heavy atom. The lowest BCUT2D eigenvalue weighted by molar-refractivity contribution is -0.125. The van der Waals surface area contributed by atoms with E-state index in [1.807, 2.05) is 5.32 Å². The van der Waals surface area contributed by atoms with Gasteiger partial charge in [-0.15, -0.1) is 0 Å². The Hall–Kier alpha value is -1.92. The molecule has 5 N–H and O–H groups in total. The molecule has 0 aliphatic carbocycles. The molecule has 0 saturated heterocycles. The lowest BCUT2D eigenvalue weighted by Crippen LogP contribution is -2.44. The Balaban J connectivity index is 4.10. The zero-order valence-corrected chi connectivity index (χ0v) is 5.50. The molecule has 0 spiro atoms. The molecule has 11 heavy (non-hydrogen) atoms. The van der Waals surface area contributed by atoms with E-state index in [4.69, 9.17) is 16.6 Å². The third-order valence-electron chi connectivity index (χ3n) is 0.738. The van der Waals surface area contributed by atoms with Crippen LogP contribution in [0.2, 0.25) is 0 Å². The van der Waals surface area contributed by atoms with E-state index in [0.29, 0.717) is 4.90 Å². The lowest BCUT2D eigenvalue weighted by Gasteiger charge is -2.09. The molecule has 0 aromatic carbocycles. The minimum absolute atomic E-state index is 0.130. The second kappa shape index (κ2) is 3.99. The molecule has 7 heteroatoms. The molecule has 0 bridgehead atoms. The molecule has 0 unspecified atom stereocenters. The van der Waals surface area contributed by atoms with Crippen molar-refractivity contribution in [2.45, 2.75) is 0 Å². The predicted molar refractivity (Wildman–Crippen MR) is 36.7 cm³/mol. The van der Waals surface area contributed by atoms with E-state index < -0.39 is 11.9 Å². The standard InChI is InChI=1S/C4H7N5O2/c5-3(6)8-4(7)9(1-10)2-11/h1-2H,(H5,5,6,7,8). The Morgan fingerprint density at radius 3 is 2.09 bits per heavy atom. The van der Waals surface area contributed by atoms with E-state index in [2.05, 4.69) is 0 Å². The first kappa shape index (κ1) is 9.08. The Kier molecular flexibility index (Phi) is 3.29. The third-order valence-corrected chi connectivity index (χ3v) is 0.738. The maximum absolute atomic E-state index is 9.96. The van der Waals surface area contributed by atoms with Crippen molar-refractivity contribution < 1.29 is 9.59 Å². The second-order valence-corrected chi connectivity index (χ2v) is 1.51. The maximum Gasteiger partial charge on any atom is 0.223 e. The molecule has 0 atom stereocenters. The van der Waals surface area contributed by atoms with Crippen molar-refractivity contribution in [3.05, 3.63) is 0 Å². The van der Waals surface area contributed by atoms with E-state index in [1.54, 1.807) is 0 Å². The molecule has 0 aromatic heterocycles. The van der Waals surface area contributed by atoms with Gasteiger partial charge in [0.2, 0.25) is 18.8 Å². The van der Waals surface area contributed by atoms with Gasteiger partial charge >= 0.3 is 0 Å². The molecule has 0 rings (SSSR count). The van der Waals surface area contributed by atoms with E-state index in [-0.39, 0.29) is 12.8 Å². The van der Waals surface area contributed by atoms with E-state index in [9.17, 15) is 9.59 Å². The summed E-state index contributed by atoms with van der Waals surface area (Å²) in [6.45, 7) is 0. The van der Waals surface area contributed by atoms with Gasteiger partial charge in [0.25, 0.3) is 0 Å². The fraction of sp³-hybridized carbons (Fsp3) is 0. The molecule has 0 aliphatic rings. The number of rotatable bonds is 2. The molecule has 7 nitrogen and oxygen atoms in total. The van der Waals surface area contributed by atoms with Gasteiger partial charge in [-0.25, -0.2) is 4.90 Å². The van der Waals surface area contributed by atoms with E-state index >= 15 is 0 Å². The zero-order valence-electron chi connectivity index (χ0n) is 5.50. The van der Waals surface area contributed by atoms with Gasteiger partial charge in [-0.05, 0) is 0 Å². The van der Waals surface area contributed by atoms with E-state index in [0.717, 1.165) is 0 Å². The average Bonchev–Trinajstić information content (AvgIpc) is 1.88. The molecule has 0 radical (unpaired) electrons. The van der Waals surface area contributed by atoms with Gasteiger partial charge in [-0.3, -0.25) is 25.7 Å². The average molecular weight is 157 g/mol. The van der Waals surface area contributed by atoms with Gasteiger partial charge in [-0.2, -0.15) is 0 Å². The molecular formula is C4H7N5O2. The van der Waals surface area contributed by atoms with Crippen molar-refractivity contribution in [2.24, 2.45) is 5.73 Å². The first-order valence-electron chi connectivity index (χ1n) is 2.50. The summed E-state index contributed by atoms with van der Waals surface area (Å²) in [4.78, 5) is 20.3. The molecule has 2 amide bonds. The normalized spacial score (nSPS) is 8.00. The van der Waals surface area contributed by atoms with E-state index in [1.165, 1.54) is 0 Å². The third kappa shape index (κ3) is 2.94. The summed E-state index contributed by atoms with van der Waals surface area (Å²) in [7, 11) is 0. The summed E-state index contributed by atoms with van der Waals surface area (Å²) in [5.74, 6) is -1.06. The maximum atomic E-state index is 9.96. The summed E-state index contributed by atoms with van der Waals surface area (Å²) in [6, 6.07) is 0. The molecule has 0 aliphatic heterocycles. The first-order valence-corrected chi connectivity index (χ1v) is 2.50. The molecule has 0 fully saturated rings. The molecule has 0 heterocycles. The van der Waals surface area contributed by atoms with Crippen LogP contribution in [-0.4, -0.2) is 29.6 Å². The van der Waals surface area contributed by atoms with Crippen molar-refractivity contribution in [1.29, 1.82) is 10.8 Å². The number of nitrogens with two attached hydrogens (primary N) is 1. The summed E-state index contributed by atoms with van der Waals surface area (Å²) in [5, 5.41) is 15.5. The first-order chi connectivity index (χ1) is 5.11. The number of imide groups is 1. The largest absolute Gasteiger partial charge is 0.370 e. The van der Waals surface area contributed by atoms with Crippen LogP contribution in [-0.2, 0) is 9.59 Å². The van der Waals surface area contributed by atoms with Crippen LogP contribution >= 0.6 is 0 Å². The van der Waals surface area contributed by atoms with Crippen LogP contribution in [0.4, 0.5) is 0 Å². The SMILES string of the molecule is N=C(N)NC(=N)N(C=O)C=O. The number of guanidine groups is 2. The fourth-order valence-electron chi connectivity index (χ4n) is 0.322. The highest BCUT2D eigenvalue weighted by atomic mass is 16.2.